The van der Waals surface area contributed by atoms with E-state index >= 15 is 0 Å². The highest BCUT2D eigenvalue weighted by Crippen LogP contribution is 2.22. The van der Waals surface area contributed by atoms with Crippen LogP contribution in [0.5, 0.6) is 0 Å². The molecule has 2 aliphatic rings. The number of nitrogens with one attached hydrogen (secondary N) is 2. The molecule has 2 rings (SSSR count). The summed E-state index contributed by atoms with van der Waals surface area (Å²) in [7, 11) is 0. The Balaban J connectivity index is 1.59. The van der Waals surface area contributed by atoms with Crippen molar-refractivity contribution >= 4 is 0 Å². The van der Waals surface area contributed by atoms with Crippen molar-refractivity contribution in [2.24, 2.45) is 17.8 Å². The molecule has 2 N–H and O–H groups in total. The quantitative estimate of drug-likeness (QED) is 0.715. The maximum absolute atomic E-state index is 5.70. The van der Waals surface area contributed by atoms with Gasteiger partial charge in [0.15, 0.2) is 0 Å². The molecule has 16 heavy (non-hydrogen) atoms. The van der Waals surface area contributed by atoms with Crippen molar-refractivity contribution in [3.63, 3.8) is 0 Å². The Kier molecular flexibility index (Phi) is 4.62. The predicted octanol–water partition coefficient (Wildman–Crippen LogP) is 1.25. The molecule has 3 heteroatoms. The lowest BCUT2D eigenvalue weighted by molar-refractivity contribution is 0.0867. The molecule has 3 atom stereocenters. The Morgan fingerprint density at radius 2 is 2.25 bits per heavy atom. The van der Waals surface area contributed by atoms with E-state index in [1.54, 1.807) is 0 Å². The first-order valence-electron chi connectivity index (χ1n) is 6.84. The maximum atomic E-state index is 5.70. The Bertz CT molecular complexity index is 206. The van der Waals surface area contributed by atoms with Gasteiger partial charge in [0.1, 0.15) is 0 Å². The zero-order valence-electron chi connectivity index (χ0n) is 10.7. The van der Waals surface area contributed by atoms with Crippen molar-refractivity contribution in [3.05, 3.63) is 0 Å². The monoisotopic (exact) mass is 226 g/mol. The lowest BCUT2D eigenvalue weighted by atomic mass is 9.89. The largest absolute Gasteiger partial charge is 0.378 e. The van der Waals surface area contributed by atoms with E-state index in [0.29, 0.717) is 6.10 Å². The van der Waals surface area contributed by atoms with Crippen LogP contribution in [0.1, 0.15) is 26.7 Å². The fourth-order valence-electron chi connectivity index (χ4n) is 2.75. The molecule has 0 aliphatic carbocycles. The third-order valence-corrected chi connectivity index (χ3v) is 4.24. The number of hydrogen-bond donors (Lipinski definition) is 2. The van der Waals surface area contributed by atoms with Gasteiger partial charge in [0, 0.05) is 13.2 Å². The highest BCUT2D eigenvalue weighted by Gasteiger charge is 2.27. The first-order chi connectivity index (χ1) is 7.81. The summed E-state index contributed by atoms with van der Waals surface area (Å²) >= 11 is 0. The summed E-state index contributed by atoms with van der Waals surface area (Å²) in [5.41, 5.74) is 0. The molecule has 0 amide bonds. The molecule has 2 saturated heterocycles. The average molecular weight is 226 g/mol. The van der Waals surface area contributed by atoms with Crippen LogP contribution in [0.4, 0.5) is 0 Å². The Morgan fingerprint density at radius 1 is 1.44 bits per heavy atom. The van der Waals surface area contributed by atoms with Gasteiger partial charge in [-0.3, -0.25) is 0 Å². The van der Waals surface area contributed by atoms with Gasteiger partial charge in [-0.25, -0.2) is 0 Å². The first kappa shape index (κ1) is 12.3. The zero-order chi connectivity index (χ0) is 11.4. The summed E-state index contributed by atoms with van der Waals surface area (Å²) in [6.45, 7) is 10.3. The van der Waals surface area contributed by atoms with Crippen LogP contribution in [0.15, 0.2) is 0 Å². The van der Waals surface area contributed by atoms with Crippen LogP contribution in [0.25, 0.3) is 0 Å². The second-order valence-corrected chi connectivity index (χ2v) is 5.42. The molecule has 94 valence electrons. The summed E-state index contributed by atoms with van der Waals surface area (Å²) in [6.07, 6.45) is 2.91. The summed E-state index contributed by atoms with van der Waals surface area (Å²) in [4.78, 5) is 0. The molecule has 0 spiro atoms. The summed E-state index contributed by atoms with van der Waals surface area (Å²) in [5.74, 6) is 2.45. The van der Waals surface area contributed by atoms with Gasteiger partial charge in [-0.1, -0.05) is 13.8 Å². The highest BCUT2D eigenvalue weighted by atomic mass is 16.5. The molecule has 3 nitrogen and oxygen atoms in total. The van der Waals surface area contributed by atoms with E-state index in [2.05, 4.69) is 24.5 Å². The number of rotatable bonds is 6. The van der Waals surface area contributed by atoms with E-state index in [0.717, 1.165) is 37.3 Å². The molecule has 2 aliphatic heterocycles. The second-order valence-electron chi connectivity index (χ2n) is 5.42. The molecule has 0 bridgehead atoms. The summed E-state index contributed by atoms with van der Waals surface area (Å²) in [6, 6.07) is 0. The minimum absolute atomic E-state index is 0.508. The number of hydrogen-bond acceptors (Lipinski definition) is 3. The van der Waals surface area contributed by atoms with Crippen molar-refractivity contribution in [3.8, 4) is 0 Å². The molecule has 2 fully saturated rings. The molecule has 0 radical (unpaired) electrons. The average Bonchev–Trinajstić information content (AvgIpc) is 2.62. The van der Waals surface area contributed by atoms with Gasteiger partial charge < -0.3 is 15.4 Å². The zero-order valence-corrected chi connectivity index (χ0v) is 10.7. The Hall–Kier alpha value is -0.120. The van der Waals surface area contributed by atoms with Crippen LogP contribution in [0, 0.1) is 17.8 Å². The Morgan fingerprint density at radius 3 is 2.88 bits per heavy atom. The fraction of sp³-hybridized carbons (Fsp3) is 1.00. The third-order valence-electron chi connectivity index (χ3n) is 4.24. The molecule has 0 aromatic carbocycles. The maximum Gasteiger partial charge on any atom is 0.0613 e. The topological polar surface area (TPSA) is 33.3 Å². The van der Waals surface area contributed by atoms with Crippen molar-refractivity contribution in [2.45, 2.75) is 32.8 Å². The van der Waals surface area contributed by atoms with Gasteiger partial charge in [-0.15, -0.1) is 0 Å². The van der Waals surface area contributed by atoms with Crippen LogP contribution < -0.4 is 10.6 Å². The van der Waals surface area contributed by atoms with Crippen LogP contribution in [0.3, 0.4) is 0 Å². The minimum atomic E-state index is 0.508. The number of ether oxygens (including phenoxy) is 1. The van der Waals surface area contributed by atoms with Crippen molar-refractivity contribution in [1.82, 2.24) is 10.6 Å². The van der Waals surface area contributed by atoms with Crippen LogP contribution in [-0.4, -0.2) is 38.9 Å². The van der Waals surface area contributed by atoms with Gasteiger partial charge in [0.25, 0.3) is 0 Å². The standard InChI is InChI=1S/C13H26N2O/c1-3-13-11(4-5-16-13)7-14-6-10(2)12-8-15-9-12/h10-15H,3-9H2,1-2H3. The van der Waals surface area contributed by atoms with E-state index in [1.165, 1.54) is 26.1 Å². The summed E-state index contributed by atoms with van der Waals surface area (Å²) < 4.78 is 5.70. The van der Waals surface area contributed by atoms with E-state index in [-0.39, 0.29) is 0 Å². The molecule has 0 saturated carbocycles. The lowest BCUT2D eigenvalue weighted by Crippen LogP contribution is -2.48. The van der Waals surface area contributed by atoms with E-state index in [9.17, 15) is 0 Å². The molecule has 0 aromatic heterocycles. The molecule has 0 aromatic rings. The van der Waals surface area contributed by atoms with Crippen molar-refractivity contribution < 1.29 is 4.74 Å². The highest BCUT2D eigenvalue weighted by molar-refractivity contribution is 4.82. The SMILES string of the molecule is CCC1OCCC1CNCC(C)C1CNC1. The fourth-order valence-corrected chi connectivity index (χ4v) is 2.75. The van der Waals surface area contributed by atoms with Crippen LogP contribution in [0.2, 0.25) is 0 Å². The normalized spacial score (nSPS) is 32.6. The molecular weight excluding hydrogens is 200 g/mol. The van der Waals surface area contributed by atoms with Crippen LogP contribution in [-0.2, 0) is 4.74 Å². The molecular formula is C13H26N2O. The van der Waals surface area contributed by atoms with Crippen molar-refractivity contribution in [1.29, 1.82) is 0 Å². The van der Waals surface area contributed by atoms with Gasteiger partial charge in [0.05, 0.1) is 6.10 Å². The third kappa shape index (κ3) is 2.96. The molecule has 3 unspecified atom stereocenters. The van der Waals surface area contributed by atoms with Crippen molar-refractivity contribution in [2.75, 3.05) is 32.8 Å². The van der Waals surface area contributed by atoms with E-state index in [4.69, 9.17) is 4.74 Å². The minimum Gasteiger partial charge on any atom is -0.378 e. The summed E-state index contributed by atoms with van der Waals surface area (Å²) in [5, 5.41) is 6.97. The lowest BCUT2D eigenvalue weighted by Gasteiger charge is -2.33. The van der Waals surface area contributed by atoms with Gasteiger partial charge in [0.2, 0.25) is 0 Å². The Labute approximate surface area is 99.3 Å². The molecule has 2 heterocycles. The van der Waals surface area contributed by atoms with E-state index in [1.807, 2.05) is 0 Å². The van der Waals surface area contributed by atoms with E-state index < -0.39 is 0 Å². The second kappa shape index (κ2) is 5.99. The van der Waals surface area contributed by atoms with Gasteiger partial charge >= 0.3 is 0 Å². The first-order valence-corrected chi connectivity index (χ1v) is 6.84. The van der Waals surface area contributed by atoms with Gasteiger partial charge in [-0.05, 0) is 50.2 Å². The smallest absolute Gasteiger partial charge is 0.0613 e. The van der Waals surface area contributed by atoms with Crippen LogP contribution >= 0.6 is 0 Å². The predicted molar refractivity (Wildman–Crippen MR) is 66.5 cm³/mol. The van der Waals surface area contributed by atoms with Gasteiger partial charge in [-0.2, -0.15) is 0 Å².